The van der Waals surface area contributed by atoms with Crippen LogP contribution < -0.4 is 14.4 Å². The number of carbonyl (C=O) groups excluding carboxylic acids is 1. The Morgan fingerprint density at radius 2 is 1.74 bits per heavy atom. The van der Waals surface area contributed by atoms with Crippen LogP contribution in [-0.4, -0.2) is 68.2 Å². The number of anilines is 1. The molecule has 0 bridgehead atoms. The molecular weight excluding hydrogens is 475 g/mol. The summed E-state index contributed by atoms with van der Waals surface area (Å²) >= 11 is 0. The molecule has 0 saturated carbocycles. The summed E-state index contributed by atoms with van der Waals surface area (Å²) in [6.07, 6.45) is -5.02. The molecule has 35 heavy (non-hydrogen) atoms. The molecule has 1 heterocycles. The molecular formula is C23H24F3NO8. The highest BCUT2D eigenvalue weighted by molar-refractivity contribution is 5.89. The van der Waals surface area contributed by atoms with Crippen molar-refractivity contribution < 1.29 is 52.0 Å². The lowest BCUT2D eigenvalue weighted by atomic mass is 9.98. The van der Waals surface area contributed by atoms with Gasteiger partial charge < -0.3 is 29.3 Å². The number of halogens is 3. The van der Waals surface area contributed by atoms with Gasteiger partial charge in [-0.05, 0) is 30.3 Å². The minimum absolute atomic E-state index is 0.0623. The number of benzene rings is 2. The van der Waals surface area contributed by atoms with Gasteiger partial charge in [0, 0.05) is 30.3 Å². The molecule has 0 spiro atoms. The maximum Gasteiger partial charge on any atom is 0.490 e. The van der Waals surface area contributed by atoms with E-state index < -0.39 is 18.1 Å². The van der Waals surface area contributed by atoms with E-state index >= 15 is 0 Å². The number of alkyl halides is 3. The van der Waals surface area contributed by atoms with Gasteiger partial charge in [-0.15, -0.1) is 0 Å². The number of nitrogens with zero attached hydrogens (tertiary/aromatic N) is 1. The number of carbonyl (C=O) groups is 3. The van der Waals surface area contributed by atoms with E-state index in [1.54, 1.807) is 12.1 Å². The van der Waals surface area contributed by atoms with Gasteiger partial charge in [0.1, 0.15) is 18.1 Å². The van der Waals surface area contributed by atoms with E-state index in [9.17, 15) is 22.8 Å². The number of ether oxygens (including phenoxy) is 3. The molecule has 1 unspecified atom stereocenters. The van der Waals surface area contributed by atoms with Gasteiger partial charge in [-0.2, -0.15) is 13.2 Å². The largest absolute Gasteiger partial charge is 0.492 e. The van der Waals surface area contributed by atoms with E-state index in [1.165, 1.54) is 7.11 Å². The molecule has 190 valence electrons. The minimum atomic E-state index is -5.08. The molecule has 1 aliphatic rings. The maximum atomic E-state index is 11.5. The molecule has 12 heteroatoms. The molecule has 0 aromatic heterocycles. The summed E-state index contributed by atoms with van der Waals surface area (Å²) in [6.45, 7) is 1.50. The summed E-state index contributed by atoms with van der Waals surface area (Å²) in [4.78, 5) is 33.3. The number of aliphatic carboxylic acids is 2. The molecule has 1 aliphatic heterocycles. The Morgan fingerprint density at radius 1 is 1.11 bits per heavy atom. The fourth-order valence-corrected chi connectivity index (χ4v) is 3.13. The summed E-state index contributed by atoms with van der Waals surface area (Å²) < 4.78 is 47.8. The number of carboxylic acid groups (broad SMARTS) is 2. The first kappa shape index (κ1) is 27.3. The van der Waals surface area contributed by atoms with E-state index in [2.05, 4.69) is 0 Å². The first-order valence-electron chi connectivity index (χ1n) is 10.2. The third-order valence-electron chi connectivity index (χ3n) is 4.95. The van der Waals surface area contributed by atoms with Crippen molar-refractivity contribution in [1.29, 1.82) is 0 Å². The average molecular weight is 499 g/mol. The second-order valence-corrected chi connectivity index (χ2v) is 7.42. The standard InChI is InChI=1S/C21H23NO6.C2HF3O2/c1-22(16-5-3-14(4-6-16)21(25)26-2)9-10-27-17-7-8-18-15(11-20(23)24)13-28-19(18)12-17;3-2(4,5)1(6)7/h3-8,12,15H,9-11,13H2,1-2H3,(H,23,24);(H,6,7). The van der Waals surface area contributed by atoms with Crippen LogP contribution in [0.4, 0.5) is 18.9 Å². The van der Waals surface area contributed by atoms with Crippen LogP contribution in [0.5, 0.6) is 11.5 Å². The number of methoxy groups -OCH3 is 1. The first-order chi connectivity index (χ1) is 16.4. The van der Waals surface area contributed by atoms with E-state index in [0.29, 0.717) is 36.8 Å². The smallest absolute Gasteiger partial charge is 0.490 e. The van der Waals surface area contributed by atoms with E-state index in [0.717, 1.165) is 11.3 Å². The average Bonchev–Trinajstić information content (AvgIpc) is 3.19. The summed E-state index contributed by atoms with van der Waals surface area (Å²) in [6, 6.07) is 12.7. The predicted octanol–water partition coefficient (Wildman–Crippen LogP) is 3.57. The highest BCUT2D eigenvalue weighted by Gasteiger charge is 2.38. The van der Waals surface area contributed by atoms with Crippen LogP contribution in [0.2, 0.25) is 0 Å². The Morgan fingerprint density at radius 3 is 2.29 bits per heavy atom. The second kappa shape index (κ2) is 12.0. The number of carboxylic acids is 2. The fraction of sp³-hybridized carbons (Fsp3) is 0.348. The number of fused-ring (bicyclic) bond motifs is 1. The first-order valence-corrected chi connectivity index (χ1v) is 10.2. The molecule has 0 saturated heterocycles. The number of hydrogen-bond donors (Lipinski definition) is 2. The Hall–Kier alpha value is -3.96. The molecule has 0 amide bonds. The number of rotatable bonds is 8. The van der Waals surface area contributed by atoms with Gasteiger partial charge in [-0.25, -0.2) is 9.59 Å². The SMILES string of the molecule is COC(=O)c1ccc(N(C)CCOc2ccc3c(c2)OCC3CC(=O)O)cc1.O=C(O)C(F)(F)F. The molecule has 9 nitrogen and oxygen atoms in total. The summed E-state index contributed by atoms with van der Waals surface area (Å²) in [5, 5.41) is 16.1. The van der Waals surface area contributed by atoms with Gasteiger partial charge in [0.2, 0.25) is 0 Å². The topological polar surface area (TPSA) is 123 Å². The van der Waals surface area contributed by atoms with Crippen molar-refractivity contribution in [3.8, 4) is 11.5 Å². The fourth-order valence-electron chi connectivity index (χ4n) is 3.13. The normalized spacial score (nSPS) is 14.0. The lowest BCUT2D eigenvalue weighted by Crippen LogP contribution is -2.23. The zero-order valence-corrected chi connectivity index (χ0v) is 18.9. The molecule has 3 rings (SSSR count). The Balaban J connectivity index is 0.000000540. The van der Waals surface area contributed by atoms with Crippen molar-refractivity contribution in [2.75, 3.05) is 38.8 Å². The molecule has 0 fully saturated rings. The van der Waals surface area contributed by atoms with Crippen LogP contribution in [0.15, 0.2) is 42.5 Å². The van der Waals surface area contributed by atoms with Crippen molar-refractivity contribution in [3.05, 3.63) is 53.6 Å². The molecule has 2 aromatic rings. The lowest BCUT2D eigenvalue weighted by Gasteiger charge is -2.20. The summed E-state index contributed by atoms with van der Waals surface area (Å²) in [5.74, 6) is -2.68. The highest BCUT2D eigenvalue weighted by Crippen LogP contribution is 2.38. The Labute approximate surface area is 198 Å². The van der Waals surface area contributed by atoms with Gasteiger partial charge in [-0.3, -0.25) is 4.79 Å². The van der Waals surface area contributed by atoms with E-state index in [-0.39, 0.29) is 18.3 Å². The van der Waals surface area contributed by atoms with Gasteiger partial charge in [0.15, 0.2) is 0 Å². The Kier molecular flexibility index (Phi) is 9.32. The third-order valence-corrected chi connectivity index (χ3v) is 4.95. The molecule has 2 aromatic carbocycles. The highest BCUT2D eigenvalue weighted by atomic mass is 19.4. The number of likely N-dealkylation sites (N-methyl/N-ethyl adjacent to an activating group) is 1. The van der Waals surface area contributed by atoms with Crippen LogP contribution in [0.1, 0.15) is 28.3 Å². The maximum absolute atomic E-state index is 11.5. The van der Waals surface area contributed by atoms with Gasteiger partial charge in [0.25, 0.3) is 0 Å². The number of esters is 1. The third kappa shape index (κ3) is 8.09. The molecule has 0 radical (unpaired) electrons. The van der Waals surface area contributed by atoms with Crippen molar-refractivity contribution in [2.24, 2.45) is 0 Å². The molecule has 1 atom stereocenters. The summed E-state index contributed by atoms with van der Waals surface area (Å²) in [7, 11) is 3.30. The van der Waals surface area contributed by atoms with Gasteiger partial charge in [-0.1, -0.05) is 6.07 Å². The Bertz CT molecular complexity index is 1040. The van der Waals surface area contributed by atoms with E-state index in [1.807, 2.05) is 42.3 Å². The number of hydrogen-bond acceptors (Lipinski definition) is 7. The van der Waals surface area contributed by atoms with Crippen molar-refractivity contribution >= 4 is 23.6 Å². The molecule has 0 aliphatic carbocycles. The lowest BCUT2D eigenvalue weighted by molar-refractivity contribution is -0.192. The van der Waals surface area contributed by atoms with Crippen molar-refractivity contribution in [3.63, 3.8) is 0 Å². The van der Waals surface area contributed by atoms with Crippen LogP contribution >= 0.6 is 0 Å². The minimum Gasteiger partial charge on any atom is -0.492 e. The van der Waals surface area contributed by atoms with Crippen LogP contribution in [0, 0.1) is 0 Å². The van der Waals surface area contributed by atoms with Crippen molar-refractivity contribution in [2.45, 2.75) is 18.5 Å². The van der Waals surface area contributed by atoms with Crippen molar-refractivity contribution in [1.82, 2.24) is 0 Å². The predicted molar refractivity (Wildman–Crippen MR) is 117 cm³/mol. The van der Waals surface area contributed by atoms with Gasteiger partial charge in [0.05, 0.1) is 32.2 Å². The van der Waals surface area contributed by atoms with Crippen LogP contribution in [0.25, 0.3) is 0 Å². The zero-order valence-electron chi connectivity index (χ0n) is 18.9. The second-order valence-electron chi connectivity index (χ2n) is 7.42. The monoisotopic (exact) mass is 499 g/mol. The zero-order chi connectivity index (χ0) is 26.2. The van der Waals surface area contributed by atoms with Gasteiger partial charge >= 0.3 is 24.1 Å². The molecule has 2 N–H and O–H groups in total. The van der Waals surface area contributed by atoms with Crippen LogP contribution in [0.3, 0.4) is 0 Å². The van der Waals surface area contributed by atoms with Crippen LogP contribution in [-0.2, 0) is 14.3 Å². The van der Waals surface area contributed by atoms with E-state index in [4.69, 9.17) is 29.2 Å². The summed E-state index contributed by atoms with van der Waals surface area (Å²) in [5.41, 5.74) is 2.39. The quantitative estimate of drug-likeness (QED) is 0.525.